The number of benzene rings is 2. The quantitative estimate of drug-likeness (QED) is 0.412. The molecule has 0 saturated carbocycles. The molecule has 0 aliphatic heterocycles. The third kappa shape index (κ3) is 4.62. The molecule has 0 aliphatic carbocycles. The average Bonchev–Trinajstić information content (AvgIpc) is 2.60. The number of hydrogen-bond acceptors (Lipinski definition) is 5. The van der Waals surface area contributed by atoms with Crippen molar-refractivity contribution >= 4 is 21.9 Å². The van der Waals surface area contributed by atoms with Gasteiger partial charge in [0, 0.05) is 12.1 Å². The minimum Gasteiger partial charge on any atom is -0.507 e. The van der Waals surface area contributed by atoms with Gasteiger partial charge in [0.25, 0.3) is 0 Å². The SMILES string of the molecule is CC(C)=CCCC(C)=CCOc1cc(O)c2c(=O)c3c(O)cc(C)cc3oc2c1. The van der Waals surface area contributed by atoms with Gasteiger partial charge in [-0.25, -0.2) is 0 Å². The van der Waals surface area contributed by atoms with Gasteiger partial charge >= 0.3 is 0 Å². The van der Waals surface area contributed by atoms with Crippen molar-refractivity contribution in [1.29, 1.82) is 0 Å². The van der Waals surface area contributed by atoms with Crippen LogP contribution in [0.15, 0.2) is 56.8 Å². The molecule has 3 rings (SSSR count). The number of allylic oxidation sites excluding steroid dienone is 3. The molecule has 2 aromatic carbocycles. The Kier molecular flexibility index (Phi) is 5.97. The molecule has 0 unspecified atom stereocenters. The highest BCUT2D eigenvalue weighted by molar-refractivity contribution is 5.96. The fourth-order valence-corrected chi connectivity index (χ4v) is 3.23. The first-order valence-corrected chi connectivity index (χ1v) is 9.61. The van der Waals surface area contributed by atoms with Gasteiger partial charge in [-0.1, -0.05) is 17.2 Å². The van der Waals surface area contributed by atoms with Gasteiger partial charge in [0.2, 0.25) is 5.43 Å². The van der Waals surface area contributed by atoms with Crippen LogP contribution in [0.1, 0.15) is 39.2 Å². The zero-order valence-electron chi connectivity index (χ0n) is 17.2. The molecule has 0 radical (unpaired) electrons. The van der Waals surface area contributed by atoms with E-state index >= 15 is 0 Å². The molecule has 2 N–H and O–H groups in total. The van der Waals surface area contributed by atoms with Gasteiger partial charge in [0.1, 0.15) is 45.8 Å². The van der Waals surface area contributed by atoms with Crippen LogP contribution < -0.4 is 10.2 Å². The number of fused-ring (bicyclic) bond motifs is 2. The number of ether oxygens (including phenoxy) is 1. The second kappa shape index (κ2) is 8.43. The van der Waals surface area contributed by atoms with Crippen molar-refractivity contribution in [3.05, 3.63) is 63.4 Å². The predicted octanol–water partition coefficient (Wildman–Crippen LogP) is 5.74. The Morgan fingerprint density at radius 2 is 1.66 bits per heavy atom. The number of phenolic OH excluding ortho intramolecular Hbond substituents is 2. The monoisotopic (exact) mass is 394 g/mol. The Hall–Kier alpha value is -3.21. The van der Waals surface area contributed by atoms with E-state index < -0.39 is 5.43 Å². The maximum atomic E-state index is 12.8. The first-order chi connectivity index (χ1) is 13.8. The molecule has 0 spiro atoms. The first kappa shape index (κ1) is 20.5. The van der Waals surface area contributed by atoms with E-state index in [1.807, 2.05) is 6.08 Å². The standard InChI is InChI=1S/C24H26O5/c1-14(2)6-5-7-15(3)8-9-28-17-12-19(26)23-21(13-17)29-20-11-16(4)10-18(25)22(20)24(23)27/h6,8,10-13,25-26H,5,7,9H2,1-4H3. The Morgan fingerprint density at radius 3 is 2.34 bits per heavy atom. The summed E-state index contributed by atoms with van der Waals surface area (Å²) in [6.07, 6.45) is 6.15. The molecule has 0 bridgehead atoms. The van der Waals surface area contributed by atoms with Crippen LogP contribution in [-0.4, -0.2) is 16.8 Å². The zero-order chi connectivity index (χ0) is 21.1. The Bertz CT molecular complexity index is 1180. The van der Waals surface area contributed by atoms with E-state index in [2.05, 4.69) is 26.8 Å². The molecule has 5 heteroatoms. The molecule has 0 saturated heterocycles. The lowest BCUT2D eigenvalue weighted by Crippen LogP contribution is -2.04. The molecule has 0 atom stereocenters. The van der Waals surface area contributed by atoms with Gasteiger partial charge in [0.15, 0.2) is 0 Å². The lowest BCUT2D eigenvalue weighted by Gasteiger charge is -2.09. The molecule has 0 aliphatic rings. The van der Waals surface area contributed by atoms with Crippen molar-refractivity contribution in [3.8, 4) is 17.2 Å². The van der Waals surface area contributed by atoms with Crippen LogP contribution in [0.3, 0.4) is 0 Å². The van der Waals surface area contributed by atoms with Crippen LogP contribution >= 0.6 is 0 Å². The highest BCUT2D eigenvalue weighted by Gasteiger charge is 2.16. The minimum absolute atomic E-state index is 0.0254. The first-order valence-electron chi connectivity index (χ1n) is 9.61. The summed E-state index contributed by atoms with van der Waals surface area (Å²) >= 11 is 0. The molecule has 152 valence electrons. The van der Waals surface area contributed by atoms with E-state index in [1.165, 1.54) is 23.3 Å². The van der Waals surface area contributed by atoms with Gasteiger partial charge in [-0.3, -0.25) is 4.79 Å². The fraction of sp³-hybridized carbons (Fsp3) is 0.292. The summed E-state index contributed by atoms with van der Waals surface area (Å²) in [5, 5.41) is 20.6. The van der Waals surface area contributed by atoms with Crippen molar-refractivity contribution in [2.75, 3.05) is 6.61 Å². The van der Waals surface area contributed by atoms with Crippen LogP contribution in [0.25, 0.3) is 21.9 Å². The molecular formula is C24H26O5. The number of aromatic hydroxyl groups is 2. The molecule has 3 aromatic rings. The summed E-state index contributed by atoms with van der Waals surface area (Å²) < 4.78 is 11.5. The average molecular weight is 394 g/mol. The number of hydrogen-bond donors (Lipinski definition) is 2. The van der Waals surface area contributed by atoms with Crippen LogP contribution in [-0.2, 0) is 0 Å². The van der Waals surface area contributed by atoms with Gasteiger partial charge in [-0.2, -0.15) is 0 Å². The van der Waals surface area contributed by atoms with E-state index in [0.717, 1.165) is 18.4 Å². The van der Waals surface area contributed by atoms with Crippen molar-refractivity contribution in [3.63, 3.8) is 0 Å². The topological polar surface area (TPSA) is 79.9 Å². The summed E-state index contributed by atoms with van der Waals surface area (Å²) in [6.45, 7) is 8.37. The molecule has 1 heterocycles. The maximum absolute atomic E-state index is 12.8. The molecular weight excluding hydrogens is 368 g/mol. The van der Waals surface area contributed by atoms with Gasteiger partial charge in [-0.05, 0) is 64.3 Å². The molecule has 0 fully saturated rings. The summed E-state index contributed by atoms with van der Waals surface area (Å²) in [4.78, 5) is 12.8. The zero-order valence-corrected chi connectivity index (χ0v) is 17.2. The Labute approximate surface area is 169 Å². The highest BCUT2D eigenvalue weighted by atomic mass is 16.5. The van der Waals surface area contributed by atoms with Crippen LogP contribution in [0.2, 0.25) is 0 Å². The van der Waals surface area contributed by atoms with E-state index in [4.69, 9.17) is 9.15 Å². The van der Waals surface area contributed by atoms with Crippen molar-refractivity contribution in [2.45, 2.75) is 40.5 Å². The Balaban J connectivity index is 1.88. The number of aryl methyl sites for hydroxylation is 1. The van der Waals surface area contributed by atoms with Crippen LogP contribution in [0.5, 0.6) is 17.2 Å². The van der Waals surface area contributed by atoms with Crippen molar-refractivity contribution in [2.24, 2.45) is 0 Å². The summed E-state index contributed by atoms with van der Waals surface area (Å²) in [5.41, 5.74) is 3.30. The lowest BCUT2D eigenvalue weighted by atomic mass is 10.1. The van der Waals surface area contributed by atoms with Crippen LogP contribution in [0, 0.1) is 6.92 Å². The lowest BCUT2D eigenvalue weighted by molar-refractivity contribution is 0.358. The maximum Gasteiger partial charge on any atom is 0.208 e. The van der Waals surface area contributed by atoms with E-state index in [-0.39, 0.29) is 33.4 Å². The highest BCUT2D eigenvalue weighted by Crippen LogP contribution is 2.33. The summed E-state index contributed by atoms with van der Waals surface area (Å²) in [5.74, 6) is 0.00390. The predicted molar refractivity (Wildman–Crippen MR) is 116 cm³/mol. The van der Waals surface area contributed by atoms with Crippen LogP contribution in [0.4, 0.5) is 0 Å². The normalized spacial score (nSPS) is 11.8. The fourth-order valence-electron chi connectivity index (χ4n) is 3.23. The second-order valence-electron chi connectivity index (χ2n) is 7.59. The van der Waals surface area contributed by atoms with Crippen molar-refractivity contribution in [1.82, 2.24) is 0 Å². The van der Waals surface area contributed by atoms with E-state index in [0.29, 0.717) is 12.4 Å². The number of phenols is 2. The van der Waals surface area contributed by atoms with Crippen molar-refractivity contribution < 1.29 is 19.4 Å². The third-order valence-corrected chi connectivity index (χ3v) is 4.73. The number of rotatable bonds is 6. The van der Waals surface area contributed by atoms with E-state index in [1.54, 1.807) is 19.1 Å². The smallest absolute Gasteiger partial charge is 0.208 e. The van der Waals surface area contributed by atoms with Gasteiger partial charge in [-0.15, -0.1) is 0 Å². The molecule has 1 aromatic heterocycles. The summed E-state index contributed by atoms with van der Waals surface area (Å²) in [7, 11) is 0. The Morgan fingerprint density at radius 1 is 1.00 bits per heavy atom. The summed E-state index contributed by atoms with van der Waals surface area (Å²) in [6, 6.07) is 6.15. The van der Waals surface area contributed by atoms with Gasteiger partial charge < -0.3 is 19.4 Å². The third-order valence-electron chi connectivity index (χ3n) is 4.73. The molecule has 29 heavy (non-hydrogen) atoms. The largest absolute Gasteiger partial charge is 0.507 e. The molecule has 0 amide bonds. The van der Waals surface area contributed by atoms with Gasteiger partial charge in [0.05, 0.1) is 0 Å². The minimum atomic E-state index is -0.474. The second-order valence-corrected chi connectivity index (χ2v) is 7.59. The molecule has 5 nitrogen and oxygen atoms in total. The van der Waals surface area contributed by atoms with E-state index in [9.17, 15) is 15.0 Å².